The highest BCUT2D eigenvalue weighted by Crippen LogP contribution is 2.18. The van der Waals surface area contributed by atoms with Crippen molar-refractivity contribution < 1.29 is 9.13 Å². The second kappa shape index (κ2) is 7.12. The fraction of sp³-hybridized carbons (Fsp3) is 0.353. The quantitative estimate of drug-likeness (QED) is 0.653. The average molecular weight is 361 g/mol. The fourth-order valence-electron chi connectivity index (χ4n) is 2.77. The zero-order valence-corrected chi connectivity index (χ0v) is 14.8. The van der Waals surface area contributed by atoms with Crippen molar-refractivity contribution >= 4 is 17.1 Å². The minimum absolute atomic E-state index is 0.292. The molecule has 1 aromatic carbocycles. The van der Waals surface area contributed by atoms with E-state index in [-0.39, 0.29) is 5.82 Å². The Bertz CT molecular complexity index is 1050. The highest BCUT2D eigenvalue weighted by molar-refractivity contribution is 5.74. The van der Waals surface area contributed by atoms with Gasteiger partial charge in [0, 0.05) is 27.7 Å². The Morgan fingerprint density at radius 2 is 1.85 bits per heavy atom. The molecule has 8 nitrogen and oxygen atoms in total. The summed E-state index contributed by atoms with van der Waals surface area (Å²) in [6.45, 7) is 1.24. The Labute approximate surface area is 148 Å². The number of fused-ring (bicyclic) bond motifs is 1. The molecule has 0 unspecified atom stereocenters. The Morgan fingerprint density at radius 3 is 2.50 bits per heavy atom. The minimum atomic E-state index is -0.447. The molecule has 3 aromatic rings. The van der Waals surface area contributed by atoms with Crippen LogP contribution in [-0.2, 0) is 25.4 Å². The first-order valence-corrected chi connectivity index (χ1v) is 8.07. The van der Waals surface area contributed by atoms with E-state index in [1.54, 1.807) is 30.9 Å². The smallest absolute Gasteiger partial charge is 0.332 e. The van der Waals surface area contributed by atoms with Gasteiger partial charge in [-0.2, -0.15) is 4.98 Å². The van der Waals surface area contributed by atoms with Crippen molar-refractivity contribution in [2.75, 3.05) is 25.6 Å². The first kappa shape index (κ1) is 17.9. The number of aryl methyl sites for hydroxylation is 1. The number of methoxy groups -OCH3 is 1. The van der Waals surface area contributed by atoms with Crippen molar-refractivity contribution in [1.29, 1.82) is 0 Å². The van der Waals surface area contributed by atoms with Crippen LogP contribution < -0.4 is 16.6 Å². The van der Waals surface area contributed by atoms with Crippen LogP contribution in [0.4, 0.5) is 10.3 Å². The van der Waals surface area contributed by atoms with Gasteiger partial charge in [0.15, 0.2) is 11.2 Å². The number of benzene rings is 1. The molecule has 0 fully saturated rings. The first-order valence-electron chi connectivity index (χ1n) is 8.07. The summed E-state index contributed by atoms with van der Waals surface area (Å²) in [6, 6.07) is 6.01. The van der Waals surface area contributed by atoms with Crippen LogP contribution in [0.25, 0.3) is 11.2 Å². The maximum atomic E-state index is 13.2. The molecule has 138 valence electrons. The van der Waals surface area contributed by atoms with E-state index < -0.39 is 11.2 Å². The summed E-state index contributed by atoms with van der Waals surface area (Å²) in [7, 11) is 4.58. The zero-order chi connectivity index (χ0) is 18.8. The SMILES string of the molecule is COCCNc1nc2c(c(=O)n(C)c(=O)n2C)n1Cc1ccc(F)cc1. The number of nitrogens with zero attached hydrogens (tertiary/aromatic N) is 4. The van der Waals surface area contributed by atoms with Crippen LogP contribution in [0.1, 0.15) is 5.56 Å². The van der Waals surface area contributed by atoms with Crippen LogP contribution in [-0.4, -0.2) is 38.9 Å². The van der Waals surface area contributed by atoms with E-state index in [2.05, 4.69) is 10.3 Å². The van der Waals surface area contributed by atoms with Crippen molar-refractivity contribution in [1.82, 2.24) is 18.7 Å². The Hall–Kier alpha value is -2.94. The van der Waals surface area contributed by atoms with E-state index in [9.17, 15) is 14.0 Å². The molecule has 0 radical (unpaired) electrons. The highest BCUT2D eigenvalue weighted by atomic mass is 19.1. The van der Waals surface area contributed by atoms with Crippen molar-refractivity contribution in [3.63, 3.8) is 0 Å². The van der Waals surface area contributed by atoms with Crippen molar-refractivity contribution in [3.05, 3.63) is 56.5 Å². The van der Waals surface area contributed by atoms with Gasteiger partial charge in [-0.15, -0.1) is 0 Å². The predicted octanol–water partition coefficient (Wildman–Crippen LogP) is 0.679. The number of nitrogens with one attached hydrogen (secondary N) is 1. The van der Waals surface area contributed by atoms with Gasteiger partial charge in [0.05, 0.1) is 13.2 Å². The predicted molar refractivity (Wildman–Crippen MR) is 96.1 cm³/mol. The third kappa shape index (κ3) is 3.13. The third-order valence-corrected chi connectivity index (χ3v) is 4.19. The number of hydrogen-bond acceptors (Lipinski definition) is 5. The van der Waals surface area contributed by atoms with Gasteiger partial charge in [-0.3, -0.25) is 18.5 Å². The van der Waals surface area contributed by atoms with E-state index in [0.717, 1.165) is 10.1 Å². The summed E-state index contributed by atoms with van der Waals surface area (Å²) in [5, 5.41) is 3.12. The topological polar surface area (TPSA) is 83.1 Å². The molecule has 0 saturated heterocycles. The number of rotatable bonds is 6. The Kier molecular flexibility index (Phi) is 4.90. The molecule has 0 aliphatic heterocycles. The van der Waals surface area contributed by atoms with Crippen LogP contribution in [0.5, 0.6) is 0 Å². The normalized spacial score (nSPS) is 11.2. The molecular formula is C17H20FN5O3. The number of halogens is 1. The van der Waals surface area contributed by atoms with E-state index >= 15 is 0 Å². The van der Waals surface area contributed by atoms with Gasteiger partial charge in [-0.1, -0.05) is 12.1 Å². The Balaban J connectivity index is 2.19. The molecule has 0 spiro atoms. The molecule has 0 amide bonds. The number of anilines is 1. The molecule has 0 saturated carbocycles. The van der Waals surface area contributed by atoms with Gasteiger partial charge in [-0.05, 0) is 17.7 Å². The molecule has 9 heteroatoms. The largest absolute Gasteiger partial charge is 0.383 e. The third-order valence-electron chi connectivity index (χ3n) is 4.19. The lowest BCUT2D eigenvalue weighted by Gasteiger charge is -2.11. The number of imidazole rings is 1. The molecule has 0 aliphatic carbocycles. The van der Waals surface area contributed by atoms with Gasteiger partial charge in [-0.25, -0.2) is 9.18 Å². The lowest BCUT2D eigenvalue weighted by atomic mass is 10.2. The number of hydrogen-bond donors (Lipinski definition) is 1. The maximum absolute atomic E-state index is 13.2. The standard InChI is InChI=1S/C17H20FN5O3/c1-21-14-13(15(24)22(2)17(21)25)23(16(20-14)19-8-9-26-3)10-11-4-6-12(18)7-5-11/h4-7H,8-10H2,1-3H3,(H,19,20). The summed E-state index contributed by atoms with van der Waals surface area (Å²) < 4.78 is 22.3. The van der Waals surface area contributed by atoms with Crippen molar-refractivity contribution in [3.8, 4) is 0 Å². The molecule has 2 aromatic heterocycles. The van der Waals surface area contributed by atoms with Crippen LogP contribution >= 0.6 is 0 Å². The maximum Gasteiger partial charge on any atom is 0.332 e. The molecule has 2 heterocycles. The van der Waals surface area contributed by atoms with Gasteiger partial charge in [0.1, 0.15) is 5.82 Å². The number of ether oxygens (including phenoxy) is 1. The minimum Gasteiger partial charge on any atom is -0.383 e. The Morgan fingerprint density at radius 1 is 1.15 bits per heavy atom. The summed E-state index contributed by atoms with van der Waals surface area (Å²) >= 11 is 0. The number of aromatic nitrogens is 4. The summed E-state index contributed by atoms with van der Waals surface area (Å²) in [5.74, 6) is 0.112. The molecule has 1 N–H and O–H groups in total. The molecular weight excluding hydrogens is 341 g/mol. The van der Waals surface area contributed by atoms with Crippen LogP contribution in [0.15, 0.2) is 33.9 Å². The van der Waals surface area contributed by atoms with E-state index in [0.29, 0.717) is 36.8 Å². The first-order chi connectivity index (χ1) is 12.4. The van der Waals surface area contributed by atoms with Crippen molar-refractivity contribution in [2.24, 2.45) is 14.1 Å². The molecule has 0 aliphatic rings. The zero-order valence-electron chi connectivity index (χ0n) is 14.8. The van der Waals surface area contributed by atoms with Gasteiger partial charge in [0.25, 0.3) is 5.56 Å². The molecule has 26 heavy (non-hydrogen) atoms. The van der Waals surface area contributed by atoms with Gasteiger partial charge in [0.2, 0.25) is 5.95 Å². The summed E-state index contributed by atoms with van der Waals surface area (Å²) in [6.07, 6.45) is 0. The van der Waals surface area contributed by atoms with Crippen molar-refractivity contribution in [2.45, 2.75) is 6.54 Å². The van der Waals surface area contributed by atoms with Crippen LogP contribution in [0, 0.1) is 5.82 Å². The summed E-state index contributed by atoms with van der Waals surface area (Å²) in [4.78, 5) is 29.3. The van der Waals surface area contributed by atoms with E-state index in [1.807, 2.05) is 0 Å². The lowest BCUT2D eigenvalue weighted by molar-refractivity contribution is 0.210. The van der Waals surface area contributed by atoms with Gasteiger partial charge >= 0.3 is 5.69 Å². The average Bonchev–Trinajstić information content (AvgIpc) is 2.99. The van der Waals surface area contributed by atoms with Crippen LogP contribution in [0.3, 0.4) is 0 Å². The summed E-state index contributed by atoms with van der Waals surface area (Å²) in [5.41, 5.74) is 0.519. The highest BCUT2D eigenvalue weighted by Gasteiger charge is 2.19. The molecule has 0 atom stereocenters. The lowest BCUT2D eigenvalue weighted by Crippen LogP contribution is -2.37. The van der Waals surface area contributed by atoms with Gasteiger partial charge < -0.3 is 10.1 Å². The second-order valence-electron chi connectivity index (χ2n) is 5.95. The van der Waals surface area contributed by atoms with E-state index in [4.69, 9.17) is 4.74 Å². The molecule has 3 rings (SSSR count). The van der Waals surface area contributed by atoms with E-state index in [1.165, 1.54) is 23.7 Å². The second-order valence-corrected chi connectivity index (χ2v) is 5.95. The van der Waals surface area contributed by atoms with Crippen LogP contribution in [0.2, 0.25) is 0 Å². The fourth-order valence-corrected chi connectivity index (χ4v) is 2.77. The molecule has 0 bridgehead atoms. The monoisotopic (exact) mass is 361 g/mol.